The molecule has 0 aromatic rings. The topological polar surface area (TPSA) is 95.9 Å². The van der Waals surface area contributed by atoms with E-state index < -0.39 is 12.1 Å². The minimum atomic E-state index is -0.665. The predicted molar refractivity (Wildman–Crippen MR) is 315 cm³/mol. The Bertz CT molecular complexity index is 1120. The van der Waals surface area contributed by atoms with Crippen molar-refractivity contribution in [2.45, 2.75) is 373 Å². The number of esters is 1. The number of ether oxygens (including phenoxy) is 1. The Labute approximate surface area is 450 Å². The number of unbranched alkanes of at least 4 members (excludes halogenated alkanes) is 46. The maximum absolute atomic E-state index is 12.5. The van der Waals surface area contributed by atoms with E-state index in [1.54, 1.807) is 0 Å². The van der Waals surface area contributed by atoms with E-state index in [1.807, 2.05) is 0 Å². The fourth-order valence-electron chi connectivity index (χ4n) is 10.2. The summed E-state index contributed by atoms with van der Waals surface area (Å²) >= 11 is 0. The van der Waals surface area contributed by atoms with Gasteiger partial charge in [-0.2, -0.15) is 0 Å². The number of allylic oxidation sites excluding steroid dienone is 4. The summed E-state index contributed by atoms with van der Waals surface area (Å²) in [5.74, 6) is -0.0261. The number of carbonyl (C=O) groups is 2. The SMILES string of the molecule is CCCCCCCC/C=C\CCCCCCCCCC(=O)OCCCCCCCCCCCCCC/C=C\CCCCCCCCCCCC(=O)NC(CO)C(O)CCCCCCCCCCCCCCC. The molecule has 2 unspecified atom stereocenters. The van der Waals surface area contributed by atoms with Gasteiger partial charge in [0.25, 0.3) is 0 Å². The molecule has 0 heterocycles. The van der Waals surface area contributed by atoms with Crippen molar-refractivity contribution in [1.29, 1.82) is 0 Å². The first-order valence-corrected chi connectivity index (χ1v) is 32.6. The Kier molecular flexibility index (Phi) is 60.5. The average Bonchev–Trinajstić information content (AvgIpc) is 3.38. The van der Waals surface area contributed by atoms with Gasteiger partial charge in [0.15, 0.2) is 0 Å². The normalized spacial score (nSPS) is 12.7. The van der Waals surface area contributed by atoms with E-state index in [0.29, 0.717) is 25.9 Å². The number of aliphatic hydroxyl groups is 2. The molecule has 0 aliphatic rings. The first-order valence-electron chi connectivity index (χ1n) is 32.6. The highest BCUT2D eigenvalue weighted by Crippen LogP contribution is 2.18. The Morgan fingerprint density at radius 1 is 0.375 bits per heavy atom. The van der Waals surface area contributed by atoms with E-state index in [1.165, 1.54) is 283 Å². The van der Waals surface area contributed by atoms with Gasteiger partial charge in [-0.1, -0.05) is 295 Å². The second kappa shape index (κ2) is 61.9. The first kappa shape index (κ1) is 70.3. The van der Waals surface area contributed by atoms with Crippen LogP contribution in [0.2, 0.25) is 0 Å². The molecule has 0 fully saturated rings. The average molecular weight is 1010 g/mol. The predicted octanol–water partition coefficient (Wildman–Crippen LogP) is 20.6. The monoisotopic (exact) mass is 1010 g/mol. The van der Waals surface area contributed by atoms with Crippen molar-refractivity contribution < 1.29 is 24.5 Å². The summed E-state index contributed by atoms with van der Waals surface area (Å²) in [4.78, 5) is 24.6. The van der Waals surface area contributed by atoms with Crippen LogP contribution in [0.3, 0.4) is 0 Å². The lowest BCUT2D eigenvalue weighted by molar-refractivity contribution is -0.143. The second-order valence-corrected chi connectivity index (χ2v) is 22.4. The first-order chi connectivity index (χ1) is 35.5. The molecule has 0 spiro atoms. The molecule has 6 heteroatoms. The Morgan fingerprint density at radius 2 is 0.653 bits per heavy atom. The van der Waals surface area contributed by atoms with Crippen LogP contribution in [0.15, 0.2) is 24.3 Å². The third kappa shape index (κ3) is 57.6. The van der Waals surface area contributed by atoms with Crippen molar-refractivity contribution in [3.05, 3.63) is 24.3 Å². The van der Waals surface area contributed by atoms with Crippen LogP contribution in [0.4, 0.5) is 0 Å². The second-order valence-electron chi connectivity index (χ2n) is 22.4. The third-order valence-corrected chi connectivity index (χ3v) is 15.2. The summed E-state index contributed by atoms with van der Waals surface area (Å²) in [7, 11) is 0. The lowest BCUT2D eigenvalue weighted by Crippen LogP contribution is -2.45. The standard InChI is InChI=1S/C66H127NO5/c1-3-5-7-9-11-13-15-17-18-28-32-36-40-44-48-52-56-60-66(71)72-61-57-53-49-45-41-37-33-30-27-25-23-21-19-20-22-24-26-29-31-35-39-43-47-51-55-59-65(70)67-63(62-68)64(69)58-54-50-46-42-38-34-16-14-12-10-8-6-4-2/h17-18,20,22,63-64,68-69H,3-16,19,21,23-62H2,1-2H3,(H,67,70)/b18-17-,22-20-. The Morgan fingerprint density at radius 3 is 0.986 bits per heavy atom. The highest BCUT2D eigenvalue weighted by Gasteiger charge is 2.20. The maximum Gasteiger partial charge on any atom is 0.305 e. The smallest absolute Gasteiger partial charge is 0.305 e. The zero-order chi connectivity index (χ0) is 52.2. The van der Waals surface area contributed by atoms with Gasteiger partial charge in [-0.3, -0.25) is 9.59 Å². The van der Waals surface area contributed by atoms with Gasteiger partial charge in [0.05, 0.1) is 25.4 Å². The highest BCUT2D eigenvalue weighted by molar-refractivity contribution is 5.76. The molecular weight excluding hydrogens is 887 g/mol. The highest BCUT2D eigenvalue weighted by atomic mass is 16.5. The zero-order valence-electron chi connectivity index (χ0n) is 48.7. The summed E-state index contributed by atoms with van der Waals surface area (Å²) in [6.07, 6.45) is 76.3. The van der Waals surface area contributed by atoms with Crippen molar-refractivity contribution in [3.63, 3.8) is 0 Å². The van der Waals surface area contributed by atoms with E-state index in [0.717, 1.165) is 44.9 Å². The van der Waals surface area contributed by atoms with Crippen LogP contribution in [0, 0.1) is 0 Å². The molecule has 0 aromatic heterocycles. The van der Waals surface area contributed by atoms with E-state index in [2.05, 4.69) is 43.5 Å². The van der Waals surface area contributed by atoms with E-state index in [9.17, 15) is 19.8 Å². The molecule has 0 bridgehead atoms. The van der Waals surface area contributed by atoms with Crippen LogP contribution in [-0.4, -0.2) is 47.4 Å². The molecule has 72 heavy (non-hydrogen) atoms. The Balaban J connectivity index is 3.37. The fraction of sp³-hybridized carbons (Fsp3) is 0.909. The number of nitrogens with one attached hydrogen (secondary N) is 1. The summed E-state index contributed by atoms with van der Waals surface area (Å²) in [5.41, 5.74) is 0. The van der Waals surface area contributed by atoms with Gasteiger partial charge in [0.1, 0.15) is 0 Å². The Hall–Kier alpha value is -1.66. The van der Waals surface area contributed by atoms with Gasteiger partial charge in [0, 0.05) is 12.8 Å². The molecule has 0 radical (unpaired) electrons. The summed E-state index contributed by atoms with van der Waals surface area (Å²) in [6, 6.07) is -0.543. The molecule has 0 aliphatic carbocycles. The van der Waals surface area contributed by atoms with Crippen molar-refractivity contribution in [2.75, 3.05) is 13.2 Å². The van der Waals surface area contributed by atoms with Crippen molar-refractivity contribution in [1.82, 2.24) is 5.32 Å². The van der Waals surface area contributed by atoms with E-state index >= 15 is 0 Å². The molecule has 0 saturated carbocycles. The summed E-state index contributed by atoms with van der Waals surface area (Å²) in [5, 5.41) is 23.3. The molecule has 0 aliphatic heterocycles. The van der Waals surface area contributed by atoms with Crippen LogP contribution in [0.1, 0.15) is 361 Å². The molecule has 6 nitrogen and oxygen atoms in total. The van der Waals surface area contributed by atoms with Crippen molar-refractivity contribution in [3.8, 4) is 0 Å². The van der Waals surface area contributed by atoms with Gasteiger partial charge >= 0.3 is 5.97 Å². The summed E-state index contributed by atoms with van der Waals surface area (Å²) in [6.45, 7) is 4.96. The lowest BCUT2D eigenvalue weighted by Gasteiger charge is -2.22. The largest absolute Gasteiger partial charge is 0.466 e. The molecule has 1 amide bonds. The minimum absolute atomic E-state index is 0.0106. The number of amides is 1. The van der Waals surface area contributed by atoms with Crippen LogP contribution in [0.25, 0.3) is 0 Å². The maximum atomic E-state index is 12.5. The molecule has 3 N–H and O–H groups in total. The molecule has 0 rings (SSSR count). The number of hydrogen-bond donors (Lipinski definition) is 3. The van der Waals surface area contributed by atoms with E-state index in [-0.39, 0.29) is 18.5 Å². The van der Waals surface area contributed by atoms with Crippen molar-refractivity contribution >= 4 is 11.9 Å². The van der Waals surface area contributed by atoms with Crippen LogP contribution in [0.5, 0.6) is 0 Å². The molecule has 0 aromatic carbocycles. The number of aliphatic hydroxyl groups excluding tert-OH is 2. The van der Waals surface area contributed by atoms with Gasteiger partial charge in [-0.25, -0.2) is 0 Å². The zero-order valence-corrected chi connectivity index (χ0v) is 48.7. The van der Waals surface area contributed by atoms with Gasteiger partial charge in [0.2, 0.25) is 5.91 Å². The van der Waals surface area contributed by atoms with Gasteiger partial charge in [-0.05, 0) is 77.0 Å². The van der Waals surface area contributed by atoms with E-state index in [4.69, 9.17) is 4.74 Å². The van der Waals surface area contributed by atoms with Crippen LogP contribution < -0.4 is 5.32 Å². The van der Waals surface area contributed by atoms with Gasteiger partial charge in [-0.15, -0.1) is 0 Å². The lowest BCUT2D eigenvalue weighted by atomic mass is 10.0. The fourth-order valence-corrected chi connectivity index (χ4v) is 10.2. The van der Waals surface area contributed by atoms with Crippen LogP contribution >= 0.6 is 0 Å². The quantitative estimate of drug-likeness (QED) is 0.0320. The third-order valence-electron chi connectivity index (χ3n) is 15.2. The number of carbonyl (C=O) groups excluding carboxylic acids is 2. The number of hydrogen-bond acceptors (Lipinski definition) is 5. The van der Waals surface area contributed by atoms with Gasteiger partial charge < -0.3 is 20.3 Å². The minimum Gasteiger partial charge on any atom is -0.466 e. The summed E-state index contributed by atoms with van der Waals surface area (Å²) < 4.78 is 5.50. The molecule has 0 saturated heterocycles. The molecule has 426 valence electrons. The van der Waals surface area contributed by atoms with Crippen LogP contribution in [-0.2, 0) is 14.3 Å². The molecular formula is C66H127NO5. The number of rotatable bonds is 61. The van der Waals surface area contributed by atoms with Crippen molar-refractivity contribution in [2.24, 2.45) is 0 Å². The molecule has 2 atom stereocenters.